The van der Waals surface area contributed by atoms with E-state index in [4.69, 9.17) is 0 Å². The molecule has 0 amide bonds. The van der Waals surface area contributed by atoms with Gasteiger partial charge in [-0.15, -0.1) is 0 Å². The molecule has 3 rings (SSSR count). The van der Waals surface area contributed by atoms with Crippen LogP contribution in [0.25, 0.3) is 11.6 Å². The lowest BCUT2D eigenvalue weighted by atomic mass is 10.0. The molecule has 1 nitrogen and oxygen atoms in total. The molecule has 0 saturated carbocycles. The average Bonchev–Trinajstić information content (AvgIpc) is 2.85. The highest BCUT2D eigenvalue weighted by Gasteiger charge is 2.02. The summed E-state index contributed by atoms with van der Waals surface area (Å²) >= 11 is 0. The van der Waals surface area contributed by atoms with Crippen LogP contribution in [0.5, 0.6) is 0 Å². The smallest absolute Gasteiger partial charge is 0.185 e. The third kappa shape index (κ3) is 8.59. The Balaban J connectivity index is 1.28. The lowest BCUT2D eigenvalue weighted by molar-refractivity contribution is 0.104. The fourth-order valence-corrected chi connectivity index (χ4v) is 4.00. The number of carbonyl (C=O) groups is 1. The van der Waals surface area contributed by atoms with Crippen molar-refractivity contribution in [3.05, 3.63) is 119 Å². The van der Waals surface area contributed by atoms with Crippen molar-refractivity contribution in [1.29, 1.82) is 0 Å². The molecule has 176 valence electrons. The Bertz CT molecular complexity index is 1070. The summed E-state index contributed by atoms with van der Waals surface area (Å²) in [6, 6.07) is 22.8. The Morgan fingerprint density at radius 3 is 1.71 bits per heavy atom. The van der Waals surface area contributed by atoms with Crippen molar-refractivity contribution in [2.75, 3.05) is 0 Å². The van der Waals surface area contributed by atoms with Gasteiger partial charge in [0.2, 0.25) is 0 Å². The lowest BCUT2D eigenvalue weighted by Gasteiger charge is -2.05. The first-order valence-corrected chi connectivity index (χ1v) is 12.3. The number of halogens is 1. The average molecular weight is 455 g/mol. The highest BCUT2D eigenvalue weighted by Crippen LogP contribution is 2.16. The Morgan fingerprint density at radius 2 is 1.18 bits per heavy atom. The van der Waals surface area contributed by atoms with Gasteiger partial charge >= 0.3 is 0 Å². The van der Waals surface area contributed by atoms with Crippen molar-refractivity contribution in [3.63, 3.8) is 0 Å². The van der Waals surface area contributed by atoms with E-state index in [9.17, 15) is 9.18 Å². The van der Waals surface area contributed by atoms with Crippen molar-refractivity contribution < 1.29 is 9.18 Å². The lowest BCUT2D eigenvalue weighted by Crippen LogP contribution is -1.93. The highest BCUT2D eigenvalue weighted by atomic mass is 19.1. The molecule has 0 saturated heterocycles. The third-order valence-corrected chi connectivity index (χ3v) is 6.16. The van der Waals surface area contributed by atoms with Gasteiger partial charge in [-0.1, -0.05) is 92.4 Å². The summed E-state index contributed by atoms with van der Waals surface area (Å²) in [6.45, 7) is 6.04. The minimum Gasteiger partial charge on any atom is -0.289 e. The van der Waals surface area contributed by atoms with Gasteiger partial charge < -0.3 is 0 Å². The number of carbonyl (C=O) groups excluding carboxylic acids is 1. The van der Waals surface area contributed by atoms with E-state index in [1.807, 2.05) is 25.1 Å². The molecule has 0 bridgehead atoms. The van der Waals surface area contributed by atoms with Crippen molar-refractivity contribution in [2.45, 2.75) is 58.3 Å². The fourth-order valence-electron chi connectivity index (χ4n) is 4.00. The number of aryl methyl sites for hydroxylation is 2. The monoisotopic (exact) mass is 454 g/mol. The Kier molecular flexibility index (Phi) is 10.0. The first-order valence-electron chi connectivity index (χ1n) is 12.3. The van der Waals surface area contributed by atoms with Gasteiger partial charge in [0.15, 0.2) is 5.78 Å². The Morgan fingerprint density at radius 1 is 0.706 bits per heavy atom. The van der Waals surface area contributed by atoms with E-state index < -0.39 is 0 Å². The molecule has 0 aliphatic rings. The van der Waals surface area contributed by atoms with Crippen LogP contribution in [0, 0.1) is 5.82 Å². The van der Waals surface area contributed by atoms with Crippen LogP contribution < -0.4 is 0 Å². The van der Waals surface area contributed by atoms with E-state index in [0.717, 1.165) is 24.0 Å². The van der Waals surface area contributed by atoms with Crippen molar-refractivity contribution >= 4 is 17.4 Å². The van der Waals surface area contributed by atoms with E-state index in [-0.39, 0.29) is 11.6 Å². The maximum atomic E-state index is 13.0. The number of unbranched alkanes of at least 4 members (excludes halogenated alkanes) is 5. The molecule has 0 fully saturated rings. The first kappa shape index (κ1) is 25.4. The summed E-state index contributed by atoms with van der Waals surface area (Å²) in [4.78, 5) is 12.2. The zero-order valence-electron chi connectivity index (χ0n) is 20.2. The van der Waals surface area contributed by atoms with Crippen LogP contribution in [0.4, 0.5) is 4.39 Å². The third-order valence-electron chi connectivity index (χ3n) is 6.16. The zero-order chi connectivity index (χ0) is 24.2. The molecule has 0 aromatic heterocycles. The standard InChI is InChI=1S/C32H35FO/c1-25(2)29-18-15-27(16-19-29)10-8-6-4-3-5-7-9-26-11-13-28(14-12-26)17-24-32(34)30-20-22-31(33)23-21-30/h11-24H,1,3-10H2,2H3/b24-17+. The highest BCUT2D eigenvalue weighted by molar-refractivity contribution is 6.06. The Hall–Kier alpha value is -3.26. The van der Waals surface area contributed by atoms with Gasteiger partial charge in [-0.3, -0.25) is 4.79 Å². The van der Waals surface area contributed by atoms with E-state index in [1.54, 1.807) is 6.08 Å². The second-order valence-corrected chi connectivity index (χ2v) is 9.04. The summed E-state index contributed by atoms with van der Waals surface area (Å²) in [5.41, 5.74) is 6.59. The quantitative estimate of drug-likeness (QED) is 0.143. The number of hydrogen-bond donors (Lipinski definition) is 0. The predicted octanol–water partition coefficient (Wildman–Crippen LogP) is 8.88. The van der Waals surface area contributed by atoms with E-state index in [1.165, 1.54) is 79.5 Å². The van der Waals surface area contributed by atoms with Gasteiger partial charge in [0.1, 0.15) is 5.82 Å². The van der Waals surface area contributed by atoms with Crippen LogP contribution in [0.15, 0.2) is 85.5 Å². The minimum absolute atomic E-state index is 0.121. The van der Waals surface area contributed by atoms with Crippen molar-refractivity contribution in [2.24, 2.45) is 0 Å². The Labute approximate surface area is 204 Å². The summed E-state index contributed by atoms with van der Waals surface area (Å²) in [5.74, 6) is -0.457. The number of hydrogen-bond acceptors (Lipinski definition) is 1. The second kappa shape index (κ2) is 13.4. The normalized spacial score (nSPS) is 11.1. The first-order chi connectivity index (χ1) is 16.5. The van der Waals surface area contributed by atoms with Gasteiger partial charge in [0.25, 0.3) is 0 Å². The van der Waals surface area contributed by atoms with Gasteiger partial charge in [-0.25, -0.2) is 4.39 Å². The van der Waals surface area contributed by atoms with Crippen molar-refractivity contribution in [3.8, 4) is 0 Å². The summed E-state index contributed by atoms with van der Waals surface area (Å²) in [6.07, 6.45) is 13.2. The van der Waals surface area contributed by atoms with Crippen LogP contribution in [0.2, 0.25) is 0 Å². The fraction of sp³-hybridized carbons (Fsp3) is 0.281. The van der Waals surface area contributed by atoms with Crippen LogP contribution in [0.3, 0.4) is 0 Å². The molecule has 0 aliphatic carbocycles. The molecule has 0 unspecified atom stereocenters. The van der Waals surface area contributed by atoms with Crippen molar-refractivity contribution in [1.82, 2.24) is 0 Å². The maximum absolute atomic E-state index is 13.0. The molecule has 34 heavy (non-hydrogen) atoms. The van der Waals surface area contributed by atoms with E-state index in [0.29, 0.717) is 5.56 Å². The number of allylic oxidation sites excluding steroid dienone is 2. The molecule has 2 heteroatoms. The van der Waals surface area contributed by atoms with E-state index in [2.05, 4.69) is 43.0 Å². The topological polar surface area (TPSA) is 17.1 Å². The SMILES string of the molecule is C=C(C)c1ccc(CCCCCCCCc2ccc(/C=C/C(=O)c3ccc(F)cc3)cc2)cc1. The van der Waals surface area contributed by atoms with Crippen LogP contribution in [0.1, 0.15) is 78.1 Å². The van der Waals surface area contributed by atoms with Gasteiger partial charge in [0.05, 0.1) is 0 Å². The second-order valence-electron chi connectivity index (χ2n) is 9.04. The van der Waals surface area contributed by atoms with Crippen LogP contribution >= 0.6 is 0 Å². The van der Waals surface area contributed by atoms with Crippen LogP contribution in [-0.2, 0) is 12.8 Å². The molecule has 0 aliphatic heterocycles. The van der Waals surface area contributed by atoms with E-state index >= 15 is 0 Å². The molecule has 0 radical (unpaired) electrons. The molecular formula is C32H35FO. The number of benzene rings is 3. The molecule has 3 aromatic rings. The van der Waals surface area contributed by atoms with Crippen LogP contribution in [-0.4, -0.2) is 5.78 Å². The molecule has 0 heterocycles. The molecule has 0 N–H and O–H groups in total. The zero-order valence-corrected chi connectivity index (χ0v) is 20.2. The predicted molar refractivity (Wildman–Crippen MR) is 142 cm³/mol. The van der Waals surface area contributed by atoms with Gasteiger partial charge in [-0.05, 0) is 85.2 Å². The largest absolute Gasteiger partial charge is 0.289 e. The van der Waals surface area contributed by atoms with Gasteiger partial charge in [0, 0.05) is 5.56 Å². The molecule has 0 spiro atoms. The molecule has 0 atom stereocenters. The number of rotatable bonds is 13. The minimum atomic E-state index is -0.336. The summed E-state index contributed by atoms with van der Waals surface area (Å²) in [5, 5.41) is 0. The summed E-state index contributed by atoms with van der Waals surface area (Å²) < 4.78 is 13.0. The molecule has 3 aromatic carbocycles. The maximum Gasteiger partial charge on any atom is 0.185 e. The number of ketones is 1. The van der Waals surface area contributed by atoms with Gasteiger partial charge in [-0.2, -0.15) is 0 Å². The summed E-state index contributed by atoms with van der Waals surface area (Å²) in [7, 11) is 0. The molecular weight excluding hydrogens is 419 g/mol.